The molecule has 1 fully saturated rings. The van der Waals surface area contributed by atoms with Crippen LogP contribution in [0, 0.1) is 5.82 Å². The molecule has 27 heavy (non-hydrogen) atoms. The maximum atomic E-state index is 13.9. The van der Waals surface area contributed by atoms with E-state index in [9.17, 15) is 14.0 Å². The number of nitrogens with one attached hydrogen (secondary N) is 1. The molecule has 0 aromatic heterocycles. The monoisotopic (exact) mass is 366 g/mol. The fourth-order valence-electron chi connectivity index (χ4n) is 3.44. The number of ether oxygens (including phenoxy) is 1. The first-order valence-electron chi connectivity index (χ1n) is 8.92. The summed E-state index contributed by atoms with van der Waals surface area (Å²) in [5.74, 6) is -0.213. The van der Waals surface area contributed by atoms with Crippen molar-refractivity contribution in [3.8, 4) is 5.75 Å². The van der Waals surface area contributed by atoms with Crippen molar-refractivity contribution in [3.05, 3.63) is 65.5 Å². The fraction of sp³-hybridized carbons (Fsp3) is 0.238. The zero-order chi connectivity index (χ0) is 18.8. The summed E-state index contributed by atoms with van der Waals surface area (Å²) >= 11 is 0. The van der Waals surface area contributed by atoms with Gasteiger partial charge in [-0.3, -0.25) is 9.59 Å². The molecule has 1 amide bonds. The molecule has 0 saturated carbocycles. The number of nitrogens with zero attached hydrogens (tertiary/aromatic N) is 1. The van der Waals surface area contributed by atoms with Gasteiger partial charge < -0.3 is 15.0 Å². The van der Waals surface area contributed by atoms with Gasteiger partial charge in [-0.1, -0.05) is 23.8 Å². The van der Waals surface area contributed by atoms with Crippen molar-refractivity contribution in [2.24, 2.45) is 0 Å². The number of piperidine rings is 1. The van der Waals surface area contributed by atoms with Crippen LogP contribution >= 0.6 is 0 Å². The van der Waals surface area contributed by atoms with Crippen molar-refractivity contribution in [1.29, 1.82) is 0 Å². The Kier molecular flexibility index (Phi) is 4.62. The lowest BCUT2D eigenvalue weighted by Crippen LogP contribution is -2.31. The Morgan fingerprint density at radius 2 is 1.93 bits per heavy atom. The molecule has 0 spiro atoms. The molecule has 6 heteroatoms. The van der Waals surface area contributed by atoms with Crippen LogP contribution in [0.5, 0.6) is 5.75 Å². The van der Waals surface area contributed by atoms with Crippen LogP contribution in [0.15, 0.2) is 54.1 Å². The molecule has 2 aliphatic heterocycles. The van der Waals surface area contributed by atoms with E-state index in [-0.39, 0.29) is 24.1 Å². The third-order valence-corrected chi connectivity index (χ3v) is 4.83. The second kappa shape index (κ2) is 7.23. The minimum absolute atomic E-state index is 0.214. The number of rotatable bonds is 3. The first kappa shape index (κ1) is 17.3. The highest BCUT2D eigenvalue weighted by Gasteiger charge is 2.21. The highest BCUT2D eigenvalue weighted by atomic mass is 19.1. The van der Waals surface area contributed by atoms with Gasteiger partial charge in [0.05, 0.1) is 12.1 Å². The Hall–Kier alpha value is -3.15. The first-order chi connectivity index (χ1) is 13.1. The van der Waals surface area contributed by atoms with E-state index in [0.717, 1.165) is 11.1 Å². The van der Waals surface area contributed by atoms with Crippen LogP contribution in [-0.4, -0.2) is 25.0 Å². The number of benzene rings is 2. The van der Waals surface area contributed by atoms with Gasteiger partial charge in [-0.05, 0) is 31.0 Å². The predicted octanol–water partition coefficient (Wildman–Crippen LogP) is 3.45. The molecule has 138 valence electrons. The van der Waals surface area contributed by atoms with Crippen LogP contribution in [-0.2, 0) is 16.0 Å². The van der Waals surface area contributed by atoms with Gasteiger partial charge in [0, 0.05) is 36.5 Å². The molecule has 0 bridgehead atoms. The summed E-state index contributed by atoms with van der Waals surface area (Å²) in [6, 6.07) is 12.0. The summed E-state index contributed by atoms with van der Waals surface area (Å²) in [6.07, 6.45) is 3.30. The Morgan fingerprint density at radius 3 is 2.70 bits per heavy atom. The van der Waals surface area contributed by atoms with E-state index in [1.165, 1.54) is 6.07 Å². The van der Waals surface area contributed by atoms with Gasteiger partial charge in [0.15, 0.2) is 0 Å². The second-order valence-corrected chi connectivity index (χ2v) is 6.70. The van der Waals surface area contributed by atoms with Gasteiger partial charge >= 0.3 is 5.97 Å². The average Bonchev–Trinajstić information content (AvgIpc) is 3.02. The lowest BCUT2D eigenvalue weighted by atomic mass is 10.0. The molecule has 2 heterocycles. The molecule has 2 aromatic carbocycles. The van der Waals surface area contributed by atoms with Crippen LogP contribution in [0.25, 0.3) is 0 Å². The summed E-state index contributed by atoms with van der Waals surface area (Å²) in [7, 11) is 0. The van der Waals surface area contributed by atoms with Gasteiger partial charge in [0.2, 0.25) is 5.91 Å². The largest absolute Gasteiger partial charge is 0.426 e. The quantitative estimate of drug-likeness (QED) is 0.514. The van der Waals surface area contributed by atoms with Crippen molar-refractivity contribution >= 4 is 23.3 Å². The molecular weight excluding hydrogens is 347 g/mol. The van der Waals surface area contributed by atoms with Crippen LogP contribution in [0.3, 0.4) is 0 Å². The zero-order valence-corrected chi connectivity index (χ0v) is 14.7. The molecule has 5 nitrogen and oxygen atoms in total. The van der Waals surface area contributed by atoms with Crippen LogP contribution in [0.2, 0.25) is 0 Å². The summed E-state index contributed by atoms with van der Waals surface area (Å²) in [5, 5.41) is 2.81. The van der Waals surface area contributed by atoms with Crippen molar-refractivity contribution < 1.29 is 18.7 Å². The van der Waals surface area contributed by atoms with E-state index in [1.807, 2.05) is 11.0 Å². The molecule has 0 aliphatic carbocycles. The zero-order valence-electron chi connectivity index (χ0n) is 14.7. The van der Waals surface area contributed by atoms with Gasteiger partial charge in [0.1, 0.15) is 11.6 Å². The van der Waals surface area contributed by atoms with Crippen LogP contribution < -0.4 is 15.0 Å². The van der Waals surface area contributed by atoms with E-state index in [1.54, 1.807) is 36.4 Å². The number of fused-ring (bicyclic) bond motifs is 1. The van der Waals surface area contributed by atoms with Crippen molar-refractivity contribution in [2.75, 3.05) is 23.3 Å². The molecule has 2 aliphatic rings. The number of para-hydroxylation sites is 1. The number of carbonyl (C=O) groups excluding carboxylic acids is 2. The van der Waals surface area contributed by atoms with Gasteiger partial charge in [-0.15, -0.1) is 0 Å². The van der Waals surface area contributed by atoms with Gasteiger partial charge in [-0.2, -0.15) is 0 Å². The van der Waals surface area contributed by atoms with E-state index in [4.69, 9.17) is 4.74 Å². The third kappa shape index (κ3) is 3.84. The normalized spacial score (nSPS) is 16.0. The topological polar surface area (TPSA) is 58.6 Å². The maximum absolute atomic E-state index is 13.9. The number of amides is 1. The second-order valence-electron chi connectivity index (χ2n) is 6.70. The number of halogens is 1. The Morgan fingerprint density at radius 1 is 1.15 bits per heavy atom. The number of carbonyl (C=O) groups is 2. The van der Waals surface area contributed by atoms with Crippen molar-refractivity contribution in [2.45, 2.75) is 19.3 Å². The highest BCUT2D eigenvalue weighted by Crippen LogP contribution is 2.29. The van der Waals surface area contributed by atoms with Crippen LogP contribution in [0.1, 0.15) is 18.4 Å². The Bertz CT molecular complexity index is 929. The standard InChI is InChI=1S/C21H19FN2O3/c22-17-3-1-2-4-18(17)24-9-7-14(8-10-24)11-20(25)23-16-6-5-15-12-21(26)27-19(15)13-16/h1-6,11,13H,7-10,12H2,(H,23,25). The fourth-order valence-corrected chi connectivity index (χ4v) is 3.44. The Balaban J connectivity index is 1.36. The number of esters is 1. The van der Waals surface area contributed by atoms with Gasteiger partial charge in [-0.25, -0.2) is 4.39 Å². The van der Waals surface area contributed by atoms with Gasteiger partial charge in [0.25, 0.3) is 0 Å². The molecule has 1 saturated heterocycles. The van der Waals surface area contributed by atoms with Crippen molar-refractivity contribution in [3.63, 3.8) is 0 Å². The molecule has 1 N–H and O–H groups in total. The molecule has 2 aromatic rings. The highest BCUT2D eigenvalue weighted by molar-refractivity contribution is 6.00. The lowest BCUT2D eigenvalue weighted by Gasteiger charge is -2.30. The molecular formula is C21H19FN2O3. The molecule has 0 radical (unpaired) electrons. The first-order valence-corrected chi connectivity index (χ1v) is 8.92. The maximum Gasteiger partial charge on any atom is 0.315 e. The predicted molar refractivity (Wildman–Crippen MR) is 100 cm³/mol. The van der Waals surface area contributed by atoms with Crippen LogP contribution in [0.4, 0.5) is 15.8 Å². The van der Waals surface area contributed by atoms with E-state index >= 15 is 0 Å². The molecule has 0 unspecified atom stereocenters. The Labute approximate surface area is 156 Å². The minimum Gasteiger partial charge on any atom is -0.426 e. The number of anilines is 2. The summed E-state index contributed by atoms with van der Waals surface area (Å²) in [5.41, 5.74) is 3.06. The van der Waals surface area contributed by atoms with E-state index < -0.39 is 0 Å². The van der Waals surface area contributed by atoms with E-state index in [0.29, 0.717) is 43.1 Å². The average molecular weight is 366 g/mol. The number of hydrogen-bond donors (Lipinski definition) is 1. The minimum atomic E-state index is -0.280. The summed E-state index contributed by atoms with van der Waals surface area (Å²) in [4.78, 5) is 25.6. The van der Waals surface area contributed by atoms with E-state index in [2.05, 4.69) is 5.32 Å². The summed E-state index contributed by atoms with van der Waals surface area (Å²) < 4.78 is 19.0. The SMILES string of the molecule is O=C(C=C1CCN(c2ccccc2F)CC1)Nc1ccc2c(c1)OC(=O)C2. The smallest absolute Gasteiger partial charge is 0.315 e. The van der Waals surface area contributed by atoms with Crippen molar-refractivity contribution in [1.82, 2.24) is 0 Å². The lowest BCUT2D eigenvalue weighted by molar-refractivity contribution is -0.131. The molecule has 0 atom stereocenters. The third-order valence-electron chi connectivity index (χ3n) is 4.83. The summed E-state index contributed by atoms with van der Waals surface area (Å²) in [6.45, 7) is 1.35. The molecule has 4 rings (SSSR count). The number of hydrogen-bond acceptors (Lipinski definition) is 4.